The molecular formula is C13H23N5O. The van der Waals surface area contributed by atoms with Crippen molar-refractivity contribution in [1.82, 2.24) is 25.3 Å². The number of piperazine rings is 1. The molecule has 0 aromatic carbocycles. The molecule has 1 unspecified atom stereocenters. The van der Waals surface area contributed by atoms with Gasteiger partial charge in [0.1, 0.15) is 0 Å². The second kappa shape index (κ2) is 5.98. The van der Waals surface area contributed by atoms with Crippen LogP contribution in [0.2, 0.25) is 0 Å². The Balaban J connectivity index is 1.47. The Kier molecular flexibility index (Phi) is 4.10. The van der Waals surface area contributed by atoms with Crippen molar-refractivity contribution >= 4 is 0 Å². The molecule has 2 saturated heterocycles. The Bertz CT molecular complexity index is 393. The lowest BCUT2D eigenvalue weighted by molar-refractivity contribution is 0.154. The highest BCUT2D eigenvalue weighted by atomic mass is 16.5. The molecule has 0 spiro atoms. The summed E-state index contributed by atoms with van der Waals surface area (Å²) in [5, 5.41) is 7.44. The highest BCUT2D eigenvalue weighted by molar-refractivity contribution is 4.98. The fourth-order valence-corrected chi connectivity index (χ4v) is 2.73. The second-order valence-corrected chi connectivity index (χ2v) is 5.63. The lowest BCUT2D eigenvalue weighted by Gasteiger charge is -2.31. The van der Waals surface area contributed by atoms with Gasteiger partial charge in [-0.25, -0.2) is 0 Å². The summed E-state index contributed by atoms with van der Waals surface area (Å²) in [7, 11) is 2.18. The minimum Gasteiger partial charge on any atom is -0.339 e. The zero-order valence-corrected chi connectivity index (χ0v) is 11.6. The van der Waals surface area contributed by atoms with Crippen molar-refractivity contribution in [3.8, 4) is 0 Å². The monoisotopic (exact) mass is 265 g/mol. The molecule has 0 bridgehead atoms. The number of hydrogen-bond acceptors (Lipinski definition) is 6. The number of likely N-dealkylation sites (N-methyl/N-ethyl adjacent to an activating group) is 1. The molecule has 1 N–H and O–H groups in total. The lowest BCUT2D eigenvalue weighted by atomic mass is 10.1. The van der Waals surface area contributed by atoms with Gasteiger partial charge in [-0.1, -0.05) is 5.16 Å². The van der Waals surface area contributed by atoms with Crippen LogP contribution in [0.4, 0.5) is 0 Å². The van der Waals surface area contributed by atoms with Gasteiger partial charge in [-0.05, 0) is 20.0 Å². The highest BCUT2D eigenvalue weighted by Crippen LogP contribution is 2.20. The van der Waals surface area contributed by atoms with E-state index >= 15 is 0 Å². The third kappa shape index (κ3) is 3.32. The largest absolute Gasteiger partial charge is 0.339 e. The van der Waals surface area contributed by atoms with E-state index in [1.807, 2.05) is 0 Å². The van der Waals surface area contributed by atoms with E-state index in [1.165, 1.54) is 0 Å². The van der Waals surface area contributed by atoms with Crippen LogP contribution in [0.25, 0.3) is 0 Å². The third-order valence-electron chi connectivity index (χ3n) is 4.14. The summed E-state index contributed by atoms with van der Waals surface area (Å²) >= 11 is 0. The number of nitrogens with zero attached hydrogens (tertiary/aromatic N) is 4. The fraction of sp³-hybridized carbons (Fsp3) is 0.846. The Hall–Kier alpha value is -0.980. The summed E-state index contributed by atoms with van der Waals surface area (Å²) in [5.41, 5.74) is 0. The van der Waals surface area contributed by atoms with Gasteiger partial charge in [0.15, 0.2) is 5.82 Å². The first-order chi connectivity index (χ1) is 9.31. The smallest absolute Gasteiger partial charge is 0.231 e. The normalized spacial score (nSPS) is 26.1. The average Bonchev–Trinajstić information content (AvgIpc) is 3.09. The molecule has 0 amide bonds. The van der Waals surface area contributed by atoms with Crippen LogP contribution in [0.3, 0.4) is 0 Å². The van der Waals surface area contributed by atoms with Crippen LogP contribution in [0.1, 0.15) is 24.1 Å². The fourth-order valence-electron chi connectivity index (χ4n) is 2.73. The van der Waals surface area contributed by atoms with Gasteiger partial charge < -0.3 is 19.6 Å². The minimum atomic E-state index is 0.421. The molecule has 2 fully saturated rings. The van der Waals surface area contributed by atoms with Gasteiger partial charge in [0.05, 0.1) is 5.92 Å². The van der Waals surface area contributed by atoms with Crippen molar-refractivity contribution in [2.24, 2.45) is 0 Å². The molecule has 0 aliphatic carbocycles. The molecule has 1 aromatic heterocycles. The first-order valence-corrected chi connectivity index (χ1v) is 7.25. The number of hydrogen-bond donors (Lipinski definition) is 1. The van der Waals surface area contributed by atoms with E-state index in [4.69, 9.17) is 4.52 Å². The SMILES string of the molecule is CN1CCN(CCc2noc(C3CCNC3)n2)CC1. The summed E-state index contributed by atoms with van der Waals surface area (Å²) in [4.78, 5) is 9.39. The number of nitrogens with one attached hydrogen (secondary N) is 1. The minimum absolute atomic E-state index is 0.421. The predicted octanol–water partition coefficient (Wildman–Crippen LogP) is -0.0636. The van der Waals surface area contributed by atoms with Gasteiger partial charge in [-0.3, -0.25) is 0 Å². The second-order valence-electron chi connectivity index (χ2n) is 5.63. The van der Waals surface area contributed by atoms with E-state index in [2.05, 4.69) is 32.3 Å². The van der Waals surface area contributed by atoms with Crippen LogP contribution in [0.5, 0.6) is 0 Å². The van der Waals surface area contributed by atoms with Crippen LogP contribution < -0.4 is 5.32 Å². The Morgan fingerprint density at radius 1 is 1.32 bits per heavy atom. The maximum atomic E-state index is 5.38. The van der Waals surface area contributed by atoms with E-state index in [9.17, 15) is 0 Å². The summed E-state index contributed by atoms with van der Waals surface area (Å²) in [6.45, 7) is 7.68. The number of aromatic nitrogens is 2. The van der Waals surface area contributed by atoms with Crippen LogP contribution in [-0.4, -0.2) is 72.8 Å². The predicted molar refractivity (Wildman–Crippen MR) is 72.2 cm³/mol. The first kappa shape index (κ1) is 13.0. The number of rotatable bonds is 4. The van der Waals surface area contributed by atoms with Crippen molar-refractivity contribution < 1.29 is 4.52 Å². The zero-order valence-electron chi connectivity index (χ0n) is 11.6. The topological polar surface area (TPSA) is 57.4 Å². The van der Waals surface area contributed by atoms with Crippen LogP contribution in [-0.2, 0) is 6.42 Å². The van der Waals surface area contributed by atoms with Gasteiger partial charge in [-0.15, -0.1) is 0 Å². The molecule has 106 valence electrons. The molecule has 1 aromatic rings. The molecule has 0 radical (unpaired) electrons. The van der Waals surface area contributed by atoms with Crippen molar-refractivity contribution in [2.75, 3.05) is 52.9 Å². The average molecular weight is 265 g/mol. The Morgan fingerprint density at radius 2 is 2.16 bits per heavy atom. The molecule has 1 atom stereocenters. The Labute approximate surface area is 114 Å². The summed E-state index contributed by atoms with van der Waals surface area (Å²) in [5.74, 6) is 2.10. The molecule has 3 rings (SSSR count). The molecule has 3 heterocycles. The maximum absolute atomic E-state index is 5.38. The lowest BCUT2D eigenvalue weighted by Crippen LogP contribution is -2.45. The van der Waals surface area contributed by atoms with Crippen molar-refractivity contribution in [2.45, 2.75) is 18.8 Å². The van der Waals surface area contributed by atoms with Gasteiger partial charge >= 0.3 is 0 Å². The Morgan fingerprint density at radius 3 is 2.89 bits per heavy atom. The molecule has 2 aliphatic rings. The van der Waals surface area contributed by atoms with E-state index in [0.717, 1.165) is 70.4 Å². The van der Waals surface area contributed by atoms with E-state index in [1.54, 1.807) is 0 Å². The summed E-state index contributed by atoms with van der Waals surface area (Å²) in [6, 6.07) is 0. The molecule has 19 heavy (non-hydrogen) atoms. The third-order valence-corrected chi connectivity index (χ3v) is 4.14. The van der Waals surface area contributed by atoms with E-state index < -0.39 is 0 Å². The zero-order chi connectivity index (χ0) is 13.1. The molecule has 6 nitrogen and oxygen atoms in total. The van der Waals surface area contributed by atoms with Crippen LogP contribution >= 0.6 is 0 Å². The van der Waals surface area contributed by atoms with Gasteiger partial charge in [0, 0.05) is 45.7 Å². The molecule has 2 aliphatic heterocycles. The molecule has 0 saturated carbocycles. The standard InChI is InChI=1S/C13H23N5O/c1-17-6-8-18(9-7-17)5-3-12-15-13(19-16-12)11-2-4-14-10-11/h11,14H,2-10H2,1H3. The maximum Gasteiger partial charge on any atom is 0.231 e. The van der Waals surface area contributed by atoms with Crippen LogP contribution in [0, 0.1) is 0 Å². The van der Waals surface area contributed by atoms with Crippen molar-refractivity contribution in [3.63, 3.8) is 0 Å². The van der Waals surface area contributed by atoms with Gasteiger partial charge in [0.25, 0.3) is 0 Å². The highest BCUT2D eigenvalue weighted by Gasteiger charge is 2.23. The molecular weight excluding hydrogens is 242 g/mol. The van der Waals surface area contributed by atoms with Gasteiger partial charge in [-0.2, -0.15) is 4.98 Å². The first-order valence-electron chi connectivity index (χ1n) is 7.25. The van der Waals surface area contributed by atoms with Gasteiger partial charge in [0.2, 0.25) is 5.89 Å². The quantitative estimate of drug-likeness (QED) is 0.823. The molecule has 6 heteroatoms. The summed E-state index contributed by atoms with van der Waals surface area (Å²) < 4.78 is 5.38. The van der Waals surface area contributed by atoms with E-state index in [0.29, 0.717) is 5.92 Å². The van der Waals surface area contributed by atoms with Crippen molar-refractivity contribution in [1.29, 1.82) is 0 Å². The van der Waals surface area contributed by atoms with E-state index in [-0.39, 0.29) is 0 Å². The summed E-state index contributed by atoms with van der Waals surface area (Å²) in [6.07, 6.45) is 2.01. The van der Waals surface area contributed by atoms with Crippen LogP contribution in [0.15, 0.2) is 4.52 Å². The van der Waals surface area contributed by atoms with Crippen molar-refractivity contribution in [3.05, 3.63) is 11.7 Å².